The van der Waals surface area contributed by atoms with Crippen LogP contribution in [0.5, 0.6) is 0 Å². The molecule has 0 atom stereocenters. The minimum atomic E-state index is -0.681. The maximum atomic E-state index is 11.3. The van der Waals surface area contributed by atoms with Crippen LogP contribution in [0, 0.1) is 0 Å². The first-order valence-corrected chi connectivity index (χ1v) is 5.72. The molecular weight excluding hydrogens is 240 g/mol. The summed E-state index contributed by atoms with van der Waals surface area (Å²) in [6.45, 7) is 0. The molecule has 94 valence electrons. The van der Waals surface area contributed by atoms with Crippen LogP contribution in [0.1, 0.15) is 5.56 Å². The third-order valence-electron chi connectivity index (χ3n) is 2.75. The Morgan fingerprint density at radius 3 is 2.68 bits per heavy atom. The molecule has 0 N–H and O–H groups in total. The molecule has 0 radical (unpaired) electrons. The minimum Gasteiger partial charge on any atom is -0.460 e. The number of carbonyl (C=O) groups excluding carboxylic acids is 1. The Bertz CT molecular complexity index is 693. The Kier molecular flexibility index (Phi) is 3.86. The number of fused-ring (bicyclic) bond motifs is 1. The summed E-state index contributed by atoms with van der Waals surface area (Å²) in [6, 6.07) is 13.8. The monoisotopic (exact) mass is 252 g/mol. The fraction of sp³-hybridized carbons (Fsp3) is 0.0667. The molecule has 19 heavy (non-hydrogen) atoms. The highest BCUT2D eigenvalue weighted by Crippen LogP contribution is 2.19. The molecule has 0 fully saturated rings. The van der Waals surface area contributed by atoms with Crippen molar-refractivity contribution in [3.63, 3.8) is 0 Å². The van der Waals surface area contributed by atoms with Crippen LogP contribution in [0.15, 0.2) is 48.5 Å². The number of hydrogen-bond acceptors (Lipinski definition) is 2. The predicted octanol–water partition coefficient (Wildman–Crippen LogP) is 2.70. The second-order valence-electron chi connectivity index (χ2n) is 3.88. The summed E-state index contributed by atoms with van der Waals surface area (Å²) in [7, 11) is 1.24. The van der Waals surface area contributed by atoms with Crippen LogP contribution in [0.3, 0.4) is 0 Å². The number of nitrogens with zero attached hydrogens (tertiary/aromatic N) is 2. The van der Waals surface area contributed by atoms with Crippen molar-refractivity contribution in [2.45, 2.75) is 0 Å². The van der Waals surface area contributed by atoms with Gasteiger partial charge in [0.1, 0.15) is 0 Å². The Morgan fingerprint density at radius 2 is 1.95 bits per heavy atom. The number of benzene rings is 2. The first-order chi connectivity index (χ1) is 9.26. The molecule has 0 heterocycles. The summed E-state index contributed by atoms with van der Waals surface area (Å²) in [5.41, 5.74) is 9.55. The molecule has 0 aliphatic heterocycles. The van der Waals surface area contributed by atoms with Crippen molar-refractivity contribution < 1.29 is 14.3 Å². The van der Waals surface area contributed by atoms with Crippen molar-refractivity contribution in [3.8, 4) is 0 Å². The molecule has 0 spiro atoms. The topological polar surface area (TPSA) is 62.7 Å². The van der Waals surface area contributed by atoms with Crippen molar-refractivity contribution in [1.82, 2.24) is 0 Å². The SMILES string of the molecule is COC(=O)C(/C=C/c1cccc2ccccc12)=[N+]=[N-]. The number of esters is 1. The third kappa shape index (κ3) is 2.76. The molecule has 0 bridgehead atoms. The Hall–Kier alpha value is -2.71. The minimum absolute atomic E-state index is 0.143. The van der Waals surface area contributed by atoms with E-state index in [0.29, 0.717) is 0 Å². The maximum absolute atomic E-state index is 11.3. The lowest BCUT2D eigenvalue weighted by atomic mass is 10.0. The van der Waals surface area contributed by atoms with Crippen molar-refractivity contribution in [2.24, 2.45) is 0 Å². The Labute approximate surface area is 110 Å². The molecule has 0 aromatic heterocycles. The average Bonchev–Trinajstić information content (AvgIpc) is 2.47. The second-order valence-corrected chi connectivity index (χ2v) is 3.88. The van der Waals surface area contributed by atoms with Crippen LogP contribution in [0.4, 0.5) is 0 Å². The van der Waals surface area contributed by atoms with Crippen molar-refractivity contribution >= 4 is 28.5 Å². The van der Waals surface area contributed by atoms with E-state index in [0.717, 1.165) is 16.3 Å². The van der Waals surface area contributed by atoms with E-state index in [4.69, 9.17) is 5.53 Å². The second kappa shape index (κ2) is 5.76. The van der Waals surface area contributed by atoms with E-state index in [1.807, 2.05) is 42.5 Å². The van der Waals surface area contributed by atoms with Gasteiger partial charge in [0.2, 0.25) is 0 Å². The molecule has 0 amide bonds. The summed E-state index contributed by atoms with van der Waals surface area (Å²) in [6.07, 6.45) is 3.14. The fourth-order valence-electron chi connectivity index (χ4n) is 1.81. The highest BCUT2D eigenvalue weighted by Gasteiger charge is 2.16. The van der Waals surface area contributed by atoms with Crippen LogP contribution in [-0.4, -0.2) is 23.6 Å². The molecule has 0 saturated heterocycles. The summed E-state index contributed by atoms with van der Waals surface area (Å²) >= 11 is 0. The maximum Gasteiger partial charge on any atom is 0.421 e. The predicted molar refractivity (Wildman–Crippen MR) is 73.6 cm³/mol. The van der Waals surface area contributed by atoms with E-state index >= 15 is 0 Å². The number of hydrogen-bond donors (Lipinski definition) is 0. The third-order valence-corrected chi connectivity index (χ3v) is 2.75. The van der Waals surface area contributed by atoms with Gasteiger partial charge in [-0.05, 0) is 22.4 Å². The number of methoxy groups -OCH3 is 1. The summed E-state index contributed by atoms with van der Waals surface area (Å²) in [5.74, 6) is -0.681. The molecule has 2 rings (SSSR count). The van der Waals surface area contributed by atoms with Crippen LogP contribution in [0.2, 0.25) is 0 Å². The lowest BCUT2D eigenvalue weighted by molar-refractivity contribution is -0.137. The zero-order valence-corrected chi connectivity index (χ0v) is 10.4. The van der Waals surface area contributed by atoms with E-state index in [-0.39, 0.29) is 5.71 Å². The van der Waals surface area contributed by atoms with E-state index in [9.17, 15) is 4.79 Å². The molecule has 0 saturated carbocycles. The van der Waals surface area contributed by atoms with Gasteiger partial charge >= 0.3 is 11.7 Å². The highest BCUT2D eigenvalue weighted by molar-refractivity contribution is 6.39. The molecule has 2 aromatic carbocycles. The first-order valence-electron chi connectivity index (χ1n) is 5.72. The Morgan fingerprint density at radius 1 is 1.21 bits per heavy atom. The van der Waals surface area contributed by atoms with Crippen LogP contribution in [-0.2, 0) is 9.53 Å². The first kappa shape index (κ1) is 12.7. The molecule has 2 aromatic rings. The lowest BCUT2D eigenvalue weighted by Gasteiger charge is -2.00. The molecule has 0 aliphatic rings. The normalized spacial score (nSPS) is 10.4. The van der Waals surface area contributed by atoms with Gasteiger partial charge in [-0.2, -0.15) is 4.79 Å². The van der Waals surface area contributed by atoms with Gasteiger partial charge in [0.25, 0.3) is 0 Å². The van der Waals surface area contributed by atoms with E-state index in [1.54, 1.807) is 6.08 Å². The van der Waals surface area contributed by atoms with Gasteiger partial charge in [-0.3, -0.25) is 0 Å². The zero-order chi connectivity index (χ0) is 13.7. The van der Waals surface area contributed by atoms with Gasteiger partial charge in [0, 0.05) is 6.08 Å². The summed E-state index contributed by atoms with van der Waals surface area (Å²) < 4.78 is 4.50. The van der Waals surface area contributed by atoms with Crippen LogP contribution < -0.4 is 0 Å². The summed E-state index contributed by atoms with van der Waals surface area (Å²) in [4.78, 5) is 14.2. The zero-order valence-electron chi connectivity index (χ0n) is 10.4. The standard InChI is InChI=1S/C15H12N2O2/c1-19-15(18)14(17-16)10-9-12-7-4-6-11-5-2-3-8-13(11)12/h2-10H,1H3/b10-9+. The summed E-state index contributed by atoms with van der Waals surface area (Å²) in [5, 5.41) is 2.16. The lowest BCUT2D eigenvalue weighted by Crippen LogP contribution is -2.13. The van der Waals surface area contributed by atoms with Gasteiger partial charge in [-0.1, -0.05) is 42.5 Å². The quantitative estimate of drug-likeness (QED) is 0.365. The molecule has 0 aliphatic carbocycles. The van der Waals surface area contributed by atoms with E-state index < -0.39 is 5.97 Å². The smallest absolute Gasteiger partial charge is 0.421 e. The largest absolute Gasteiger partial charge is 0.460 e. The number of ether oxygens (including phenoxy) is 1. The van der Waals surface area contributed by atoms with Crippen molar-refractivity contribution in [2.75, 3.05) is 7.11 Å². The number of rotatable bonds is 3. The van der Waals surface area contributed by atoms with Crippen LogP contribution in [0.25, 0.3) is 22.4 Å². The van der Waals surface area contributed by atoms with Crippen LogP contribution >= 0.6 is 0 Å². The van der Waals surface area contributed by atoms with E-state index in [2.05, 4.69) is 9.53 Å². The molecule has 0 unspecified atom stereocenters. The Balaban J connectivity index is 2.41. The van der Waals surface area contributed by atoms with Crippen molar-refractivity contribution in [1.29, 1.82) is 0 Å². The van der Waals surface area contributed by atoms with Crippen molar-refractivity contribution in [3.05, 3.63) is 59.6 Å². The fourth-order valence-corrected chi connectivity index (χ4v) is 1.81. The van der Waals surface area contributed by atoms with E-state index in [1.165, 1.54) is 13.2 Å². The molecule has 4 heteroatoms. The van der Waals surface area contributed by atoms with Gasteiger partial charge in [-0.15, -0.1) is 0 Å². The molecular formula is C15H12N2O2. The van der Waals surface area contributed by atoms with Gasteiger partial charge in [0.15, 0.2) is 0 Å². The van der Waals surface area contributed by atoms with Gasteiger partial charge in [0.05, 0.1) is 7.11 Å². The average molecular weight is 252 g/mol. The van der Waals surface area contributed by atoms with Gasteiger partial charge < -0.3 is 10.3 Å². The number of carbonyl (C=O) groups is 1. The highest BCUT2D eigenvalue weighted by atomic mass is 16.5. The van der Waals surface area contributed by atoms with Gasteiger partial charge in [-0.25, -0.2) is 4.79 Å². The molecule has 4 nitrogen and oxygen atoms in total.